The molecular formula is C11H21Cl2N3OS. The second kappa shape index (κ2) is 13.1. The van der Waals surface area contributed by atoms with Gasteiger partial charge in [-0.05, 0) is 19.4 Å². The summed E-state index contributed by atoms with van der Waals surface area (Å²) in [6, 6.07) is 0. The number of nitrogens with zero attached hydrogens (tertiary/aromatic N) is 1. The highest BCUT2D eigenvalue weighted by molar-refractivity contribution is 7.07. The third kappa shape index (κ3) is 9.65. The first kappa shape index (κ1) is 20.0. The van der Waals surface area contributed by atoms with Gasteiger partial charge in [0, 0.05) is 24.9 Å². The molecule has 0 aliphatic rings. The molecule has 1 amide bonds. The lowest BCUT2D eigenvalue weighted by molar-refractivity contribution is -0.121. The summed E-state index contributed by atoms with van der Waals surface area (Å²) in [6.07, 6.45) is 2.38. The van der Waals surface area contributed by atoms with E-state index in [2.05, 4.69) is 22.5 Å². The van der Waals surface area contributed by atoms with E-state index >= 15 is 0 Å². The molecule has 4 nitrogen and oxygen atoms in total. The topological polar surface area (TPSA) is 54.0 Å². The molecule has 0 radical (unpaired) electrons. The minimum Gasteiger partial charge on any atom is -0.355 e. The lowest BCUT2D eigenvalue weighted by atomic mass is 10.2. The van der Waals surface area contributed by atoms with Crippen molar-refractivity contribution in [2.75, 3.05) is 19.6 Å². The van der Waals surface area contributed by atoms with Gasteiger partial charge < -0.3 is 10.6 Å². The third-order valence-electron chi connectivity index (χ3n) is 2.14. The first-order valence-corrected chi connectivity index (χ1v) is 6.61. The molecule has 1 rings (SSSR count). The van der Waals surface area contributed by atoms with Crippen molar-refractivity contribution in [3.8, 4) is 0 Å². The molecule has 0 fully saturated rings. The van der Waals surface area contributed by atoms with Gasteiger partial charge in [0.05, 0.1) is 11.2 Å². The number of hydrogen-bond acceptors (Lipinski definition) is 4. The van der Waals surface area contributed by atoms with Crippen LogP contribution in [-0.2, 0) is 11.2 Å². The standard InChI is InChI=1S/C11H19N3OS.2ClH/c1-2-5-12-6-7-13-11(15)4-3-10-8-16-9-14-10;;/h8-9,12H,2-7H2,1H3,(H,13,15);2*1H. The first-order valence-electron chi connectivity index (χ1n) is 5.67. The Morgan fingerprint density at radius 3 is 2.72 bits per heavy atom. The van der Waals surface area contributed by atoms with Crippen molar-refractivity contribution in [2.24, 2.45) is 0 Å². The van der Waals surface area contributed by atoms with Crippen LogP contribution in [0.3, 0.4) is 0 Å². The molecule has 2 N–H and O–H groups in total. The van der Waals surface area contributed by atoms with Crippen LogP contribution in [0.25, 0.3) is 0 Å². The normalized spacial score (nSPS) is 9.17. The summed E-state index contributed by atoms with van der Waals surface area (Å²) in [5.41, 5.74) is 2.80. The van der Waals surface area contributed by atoms with E-state index in [4.69, 9.17) is 0 Å². The van der Waals surface area contributed by atoms with Crippen LogP contribution in [0.5, 0.6) is 0 Å². The monoisotopic (exact) mass is 313 g/mol. The summed E-state index contributed by atoms with van der Waals surface area (Å²) < 4.78 is 0. The summed E-state index contributed by atoms with van der Waals surface area (Å²) in [6.45, 7) is 4.68. The Morgan fingerprint density at radius 2 is 2.11 bits per heavy atom. The van der Waals surface area contributed by atoms with Gasteiger partial charge in [0.2, 0.25) is 5.91 Å². The minimum atomic E-state index is 0. The summed E-state index contributed by atoms with van der Waals surface area (Å²) >= 11 is 1.57. The van der Waals surface area contributed by atoms with Crippen molar-refractivity contribution < 1.29 is 4.79 Å². The second-order valence-electron chi connectivity index (χ2n) is 3.58. The van der Waals surface area contributed by atoms with Crippen LogP contribution in [0.1, 0.15) is 25.5 Å². The van der Waals surface area contributed by atoms with Gasteiger partial charge in [0.25, 0.3) is 0 Å². The fourth-order valence-electron chi connectivity index (χ4n) is 1.28. The molecule has 0 saturated carbocycles. The van der Waals surface area contributed by atoms with E-state index in [1.165, 1.54) is 0 Å². The molecule has 0 bridgehead atoms. The van der Waals surface area contributed by atoms with E-state index in [1.807, 2.05) is 5.38 Å². The maximum absolute atomic E-state index is 11.4. The average molecular weight is 314 g/mol. The number of hydrogen-bond donors (Lipinski definition) is 2. The molecule has 0 saturated heterocycles. The number of halogens is 2. The Labute approximate surface area is 125 Å². The van der Waals surface area contributed by atoms with Crippen molar-refractivity contribution in [2.45, 2.75) is 26.2 Å². The molecule has 0 spiro atoms. The van der Waals surface area contributed by atoms with Gasteiger partial charge in [-0.15, -0.1) is 36.2 Å². The van der Waals surface area contributed by atoms with Crippen LogP contribution >= 0.6 is 36.2 Å². The molecule has 0 atom stereocenters. The van der Waals surface area contributed by atoms with Gasteiger partial charge in [0.15, 0.2) is 0 Å². The molecule has 1 aromatic heterocycles. The van der Waals surface area contributed by atoms with Crippen molar-refractivity contribution in [1.29, 1.82) is 0 Å². The average Bonchev–Trinajstić information content (AvgIpc) is 2.79. The predicted molar refractivity (Wildman–Crippen MR) is 81.1 cm³/mol. The molecule has 0 aromatic carbocycles. The zero-order chi connectivity index (χ0) is 11.6. The molecule has 0 aliphatic carbocycles. The predicted octanol–water partition coefficient (Wildman–Crippen LogP) is 2.04. The molecule has 18 heavy (non-hydrogen) atoms. The zero-order valence-electron chi connectivity index (χ0n) is 10.5. The largest absolute Gasteiger partial charge is 0.355 e. The minimum absolute atomic E-state index is 0. The van der Waals surface area contributed by atoms with Crippen LogP contribution in [0.15, 0.2) is 10.9 Å². The van der Waals surface area contributed by atoms with Crippen molar-refractivity contribution in [1.82, 2.24) is 15.6 Å². The third-order valence-corrected chi connectivity index (χ3v) is 2.78. The number of thiazole rings is 1. The van der Waals surface area contributed by atoms with Crippen LogP contribution in [-0.4, -0.2) is 30.5 Å². The van der Waals surface area contributed by atoms with Gasteiger partial charge >= 0.3 is 0 Å². The highest BCUT2D eigenvalue weighted by Crippen LogP contribution is 2.03. The Hall–Kier alpha value is -0.360. The smallest absolute Gasteiger partial charge is 0.220 e. The second-order valence-corrected chi connectivity index (χ2v) is 4.30. The molecule has 0 aliphatic heterocycles. The Kier molecular flexibility index (Phi) is 14.5. The number of rotatable bonds is 8. The van der Waals surface area contributed by atoms with Gasteiger partial charge in [-0.1, -0.05) is 6.92 Å². The molecular weight excluding hydrogens is 293 g/mol. The van der Waals surface area contributed by atoms with E-state index in [0.29, 0.717) is 13.0 Å². The molecule has 1 heterocycles. The summed E-state index contributed by atoms with van der Waals surface area (Å²) in [4.78, 5) is 15.5. The highest BCUT2D eigenvalue weighted by atomic mass is 35.5. The zero-order valence-corrected chi connectivity index (χ0v) is 12.9. The SMILES string of the molecule is CCCNCCNC(=O)CCc1cscn1.Cl.Cl. The van der Waals surface area contributed by atoms with E-state index in [-0.39, 0.29) is 30.7 Å². The number of aryl methyl sites for hydroxylation is 1. The fraction of sp³-hybridized carbons (Fsp3) is 0.636. The van der Waals surface area contributed by atoms with Crippen LogP contribution in [0, 0.1) is 0 Å². The number of carbonyl (C=O) groups excluding carboxylic acids is 1. The van der Waals surface area contributed by atoms with Crippen LogP contribution in [0.4, 0.5) is 0 Å². The van der Waals surface area contributed by atoms with Gasteiger partial charge in [-0.2, -0.15) is 0 Å². The molecule has 0 unspecified atom stereocenters. The summed E-state index contributed by atoms with van der Waals surface area (Å²) in [7, 11) is 0. The number of carbonyl (C=O) groups is 1. The maximum Gasteiger partial charge on any atom is 0.220 e. The number of amides is 1. The lowest BCUT2D eigenvalue weighted by Gasteiger charge is -2.05. The Morgan fingerprint density at radius 1 is 1.33 bits per heavy atom. The van der Waals surface area contributed by atoms with Crippen molar-refractivity contribution in [3.05, 3.63) is 16.6 Å². The fourth-order valence-corrected chi connectivity index (χ4v) is 1.88. The van der Waals surface area contributed by atoms with Crippen LogP contribution < -0.4 is 10.6 Å². The number of aromatic nitrogens is 1. The summed E-state index contributed by atoms with van der Waals surface area (Å²) in [5.74, 6) is 0.103. The van der Waals surface area contributed by atoms with Crippen LogP contribution in [0.2, 0.25) is 0 Å². The Bertz CT molecular complexity index is 296. The van der Waals surface area contributed by atoms with Gasteiger partial charge in [0.1, 0.15) is 0 Å². The molecule has 7 heteroatoms. The van der Waals surface area contributed by atoms with Gasteiger partial charge in [-0.25, -0.2) is 4.98 Å². The molecule has 1 aromatic rings. The number of nitrogens with one attached hydrogen (secondary N) is 2. The highest BCUT2D eigenvalue weighted by Gasteiger charge is 2.02. The maximum atomic E-state index is 11.4. The van der Waals surface area contributed by atoms with Crippen molar-refractivity contribution in [3.63, 3.8) is 0 Å². The van der Waals surface area contributed by atoms with E-state index in [1.54, 1.807) is 16.8 Å². The Balaban J connectivity index is 0. The van der Waals surface area contributed by atoms with Crippen molar-refractivity contribution >= 4 is 42.1 Å². The lowest BCUT2D eigenvalue weighted by Crippen LogP contribution is -2.32. The van der Waals surface area contributed by atoms with E-state index in [0.717, 1.165) is 31.6 Å². The summed E-state index contributed by atoms with van der Waals surface area (Å²) in [5, 5.41) is 8.10. The first-order chi connectivity index (χ1) is 7.83. The van der Waals surface area contributed by atoms with E-state index < -0.39 is 0 Å². The van der Waals surface area contributed by atoms with Gasteiger partial charge in [-0.3, -0.25) is 4.79 Å². The van der Waals surface area contributed by atoms with E-state index in [9.17, 15) is 4.79 Å². The molecule has 106 valence electrons. The quantitative estimate of drug-likeness (QED) is 0.722.